The highest BCUT2D eigenvalue weighted by Crippen LogP contribution is 2.29. The SMILES string of the molecule is CC(=O)Oc1c[nH]c2ncc(-c3ccc(CN4CCN(C)CC4)cc3)cc12. The number of rotatable bonds is 4. The number of aromatic amines is 1. The predicted molar refractivity (Wildman–Crippen MR) is 106 cm³/mol. The Kier molecular flexibility index (Phi) is 4.92. The van der Waals surface area contributed by atoms with Crippen molar-refractivity contribution in [3.05, 3.63) is 48.3 Å². The molecule has 1 aliphatic heterocycles. The average molecular weight is 364 g/mol. The number of nitrogens with one attached hydrogen (secondary N) is 1. The van der Waals surface area contributed by atoms with Gasteiger partial charge in [-0.25, -0.2) is 4.98 Å². The van der Waals surface area contributed by atoms with Gasteiger partial charge in [-0.3, -0.25) is 9.69 Å². The Morgan fingerprint density at radius 3 is 2.59 bits per heavy atom. The first-order valence-corrected chi connectivity index (χ1v) is 9.24. The molecule has 0 atom stereocenters. The number of carbonyl (C=O) groups is 1. The lowest BCUT2D eigenvalue weighted by Crippen LogP contribution is -2.43. The first kappa shape index (κ1) is 17.7. The van der Waals surface area contributed by atoms with Gasteiger partial charge in [-0.15, -0.1) is 0 Å². The molecule has 3 heterocycles. The standard InChI is InChI=1S/C21H24N4O2/c1-15(26)27-20-13-23-21-19(20)11-18(12-22-21)17-5-3-16(4-6-17)14-25-9-7-24(2)8-10-25/h3-6,11-13H,7-10,14H2,1-2H3,(H,22,23). The maximum atomic E-state index is 11.3. The van der Waals surface area contributed by atoms with Crippen LogP contribution in [0.4, 0.5) is 0 Å². The van der Waals surface area contributed by atoms with E-state index in [0.29, 0.717) is 11.4 Å². The van der Waals surface area contributed by atoms with E-state index in [1.54, 1.807) is 6.20 Å². The molecule has 1 N–H and O–H groups in total. The number of fused-ring (bicyclic) bond motifs is 1. The van der Waals surface area contributed by atoms with Gasteiger partial charge in [-0.1, -0.05) is 24.3 Å². The van der Waals surface area contributed by atoms with Gasteiger partial charge in [-0.2, -0.15) is 0 Å². The number of esters is 1. The van der Waals surface area contributed by atoms with Crippen LogP contribution >= 0.6 is 0 Å². The molecule has 1 fully saturated rings. The Morgan fingerprint density at radius 2 is 1.89 bits per heavy atom. The average Bonchev–Trinajstić information content (AvgIpc) is 3.06. The van der Waals surface area contributed by atoms with Crippen LogP contribution in [0.2, 0.25) is 0 Å². The van der Waals surface area contributed by atoms with Crippen molar-refractivity contribution in [3.63, 3.8) is 0 Å². The van der Waals surface area contributed by atoms with E-state index >= 15 is 0 Å². The number of ether oxygens (including phenoxy) is 1. The van der Waals surface area contributed by atoms with Gasteiger partial charge < -0.3 is 14.6 Å². The number of nitrogens with zero attached hydrogens (tertiary/aromatic N) is 3. The van der Waals surface area contributed by atoms with Gasteiger partial charge in [0.25, 0.3) is 0 Å². The maximum Gasteiger partial charge on any atom is 0.308 e. The molecule has 3 aromatic rings. The van der Waals surface area contributed by atoms with Gasteiger partial charge in [0.15, 0.2) is 5.75 Å². The van der Waals surface area contributed by atoms with Crippen LogP contribution in [-0.4, -0.2) is 59.0 Å². The number of hydrogen-bond donors (Lipinski definition) is 1. The van der Waals surface area contributed by atoms with Crippen molar-refractivity contribution in [2.75, 3.05) is 33.2 Å². The van der Waals surface area contributed by atoms with E-state index in [0.717, 1.165) is 49.2 Å². The molecular formula is C21H24N4O2. The summed E-state index contributed by atoms with van der Waals surface area (Å²) >= 11 is 0. The van der Waals surface area contributed by atoms with E-state index in [2.05, 4.69) is 51.1 Å². The minimum absolute atomic E-state index is 0.338. The normalized spacial score (nSPS) is 15.9. The summed E-state index contributed by atoms with van der Waals surface area (Å²) in [5, 5.41) is 0.809. The number of carbonyl (C=O) groups excluding carboxylic acids is 1. The van der Waals surface area contributed by atoms with Crippen molar-refractivity contribution in [1.29, 1.82) is 0 Å². The first-order chi connectivity index (χ1) is 13.1. The largest absolute Gasteiger partial charge is 0.424 e. The Labute approximate surface area is 158 Å². The summed E-state index contributed by atoms with van der Waals surface area (Å²) in [4.78, 5) is 23.6. The smallest absolute Gasteiger partial charge is 0.308 e. The fourth-order valence-electron chi connectivity index (χ4n) is 3.44. The number of piperazine rings is 1. The summed E-state index contributed by atoms with van der Waals surface area (Å²) < 4.78 is 5.25. The number of aromatic nitrogens is 2. The molecule has 140 valence electrons. The molecule has 1 saturated heterocycles. The monoisotopic (exact) mass is 364 g/mol. The lowest BCUT2D eigenvalue weighted by molar-refractivity contribution is -0.131. The molecule has 27 heavy (non-hydrogen) atoms. The number of likely N-dealkylation sites (N-methyl/N-ethyl adjacent to an activating group) is 1. The third-order valence-corrected chi connectivity index (χ3v) is 5.04. The van der Waals surface area contributed by atoms with Crippen molar-refractivity contribution < 1.29 is 9.53 Å². The van der Waals surface area contributed by atoms with E-state index in [1.165, 1.54) is 12.5 Å². The fourth-order valence-corrected chi connectivity index (χ4v) is 3.44. The van der Waals surface area contributed by atoms with Crippen LogP contribution in [0.15, 0.2) is 42.7 Å². The van der Waals surface area contributed by atoms with Crippen molar-refractivity contribution in [1.82, 2.24) is 19.8 Å². The van der Waals surface area contributed by atoms with Gasteiger partial charge in [0.05, 0.1) is 5.39 Å². The van der Waals surface area contributed by atoms with Gasteiger partial charge in [-0.05, 0) is 24.2 Å². The van der Waals surface area contributed by atoms with Gasteiger partial charge in [0.1, 0.15) is 5.65 Å². The quantitative estimate of drug-likeness (QED) is 0.722. The van der Waals surface area contributed by atoms with Crippen LogP contribution in [0.5, 0.6) is 5.75 Å². The zero-order valence-corrected chi connectivity index (χ0v) is 15.7. The van der Waals surface area contributed by atoms with Crippen LogP contribution in [-0.2, 0) is 11.3 Å². The zero-order chi connectivity index (χ0) is 18.8. The molecule has 0 radical (unpaired) electrons. The van der Waals surface area contributed by atoms with Crippen molar-refractivity contribution >= 4 is 17.0 Å². The van der Waals surface area contributed by atoms with E-state index in [-0.39, 0.29) is 5.97 Å². The molecule has 1 aliphatic rings. The second kappa shape index (κ2) is 7.50. The third-order valence-electron chi connectivity index (χ3n) is 5.04. The third kappa shape index (κ3) is 4.02. The van der Waals surface area contributed by atoms with Crippen molar-refractivity contribution in [2.45, 2.75) is 13.5 Å². The Morgan fingerprint density at radius 1 is 1.15 bits per heavy atom. The van der Waals surface area contributed by atoms with Gasteiger partial charge in [0, 0.05) is 57.6 Å². The second-order valence-electron chi connectivity index (χ2n) is 7.14. The van der Waals surface area contributed by atoms with Crippen molar-refractivity contribution in [2.24, 2.45) is 0 Å². The zero-order valence-electron chi connectivity index (χ0n) is 15.7. The topological polar surface area (TPSA) is 61.5 Å². The molecule has 0 spiro atoms. The molecule has 0 unspecified atom stereocenters. The second-order valence-corrected chi connectivity index (χ2v) is 7.14. The molecule has 4 rings (SSSR count). The Balaban J connectivity index is 1.52. The number of benzene rings is 1. The number of pyridine rings is 1. The van der Waals surface area contributed by atoms with Gasteiger partial charge >= 0.3 is 5.97 Å². The highest BCUT2D eigenvalue weighted by molar-refractivity contribution is 5.89. The van der Waals surface area contributed by atoms with Crippen LogP contribution < -0.4 is 4.74 Å². The highest BCUT2D eigenvalue weighted by Gasteiger charge is 2.14. The minimum atomic E-state index is -0.338. The molecule has 0 saturated carbocycles. The molecule has 1 aromatic carbocycles. The molecule has 6 nitrogen and oxygen atoms in total. The predicted octanol–water partition coefficient (Wildman–Crippen LogP) is 2.90. The van der Waals surface area contributed by atoms with Crippen LogP contribution in [0.25, 0.3) is 22.2 Å². The summed E-state index contributed by atoms with van der Waals surface area (Å²) in [5.74, 6) is 0.174. The van der Waals surface area contributed by atoms with E-state index in [1.807, 2.05) is 12.3 Å². The lowest BCUT2D eigenvalue weighted by Gasteiger charge is -2.32. The van der Waals surface area contributed by atoms with Crippen LogP contribution in [0.3, 0.4) is 0 Å². The summed E-state index contributed by atoms with van der Waals surface area (Å²) in [6.45, 7) is 6.88. The molecule has 0 amide bonds. The first-order valence-electron chi connectivity index (χ1n) is 9.24. The number of H-pyrrole nitrogens is 1. The summed E-state index contributed by atoms with van der Waals surface area (Å²) in [5.41, 5.74) is 4.13. The molecule has 0 aliphatic carbocycles. The summed E-state index contributed by atoms with van der Waals surface area (Å²) in [6.07, 6.45) is 3.51. The Hall–Kier alpha value is -2.70. The maximum absolute atomic E-state index is 11.3. The summed E-state index contributed by atoms with van der Waals surface area (Å²) in [6, 6.07) is 10.6. The van der Waals surface area contributed by atoms with E-state index in [4.69, 9.17) is 4.74 Å². The van der Waals surface area contributed by atoms with Crippen LogP contribution in [0.1, 0.15) is 12.5 Å². The molecular weight excluding hydrogens is 340 g/mol. The molecule has 0 bridgehead atoms. The molecule has 2 aromatic heterocycles. The minimum Gasteiger partial charge on any atom is -0.424 e. The van der Waals surface area contributed by atoms with E-state index < -0.39 is 0 Å². The van der Waals surface area contributed by atoms with Crippen LogP contribution in [0, 0.1) is 0 Å². The van der Waals surface area contributed by atoms with E-state index in [9.17, 15) is 4.79 Å². The number of hydrogen-bond acceptors (Lipinski definition) is 5. The van der Waals surface area contributed by atoms with Gasteiger partial charge in [0.2, 0.25) is 0 Å². The summed E-state index contributed by atoms with van der Waals surface area (Å²) in [7, 11) is 2.17. The Bertz CT molecular complexity index is 940. The highest BCUT2D eigenvalue weighted by atomic mass is 16.5. The fraction of sp³-hybridized carbons (Fsp3) is 0.333. The molecule has 6 heteroatoms. The van der Waals surface area contributed by atoms with Crippen molar-refractivity contribution in [3.8, 4) is 16.9 Å². The lowest BCUT2D eigenvalue weighted by atomic mass is 10.0.